The van der Waals surface area contributed by atoms with Gasteiger partial charge in [-0.1, -0.05) is 26.7 Å². The molecule has 1 saturated heterocycles. The smallest absolute Gasteiger partial charge is 0.0246 e. The number of thioether (sulfide) groups is 1. The second kappa shape index (κ2) is 5.94. The highest BCUT2D eigenvalue weighted by Crippen LogP contribution is 2.34. The Hall–Kier alpha value is 0.270. The number of rotatable bonds is 3. The first-order valence-electron chi connectivity index (χ1n) is 7.20. The minimum Gasteiger partial charge on any atom is -0.329 e. The lowest BCUT2D eigenvalue weighted by atomic mass is 9.96. The zero-order chi connectivity index (χ0) is 12.3. The topological polar surface area (TPSA) is 29.3 Å². The highest BCUT2D eigenvalue weighted by atomic mass is 32.2. The Morgan fingerprint density at radius 1 is 1.29 bits per heavy atom. The van der Waals surface area contributed by atoms with Gasteiger partial charge in [-0.25, -0.2) is 0 Å². The fourth-order valence-corrected chi connectivity index (χ4v) is 4.46. The van der Waals surface area contributed by atoms with Crippen molar-refractivity contribution in [1.29, 1.82) is 0 Å². The summed E-state index contributed by atoms with van der Waals surface area (Å²) in [7, 11) is 0. The van der Waals surface area contributed by atoms with Gasteiger partial charge in [0.2, 0.25) is 0 Å². The van der Waals surface area contributed by atoms with E-state index in [0.29, 0.717) is 10.8 Å². The van der Waals surface area contributed by atoms with Crippen molar-refractivity contribution in [2.24, 2.45) is 11.7 Å². The summed E-state index contributed by atoms with van der Waals surface area (Å²) in [5, 5.41) is 0. The molecule has 100 valence electrons. The molecule has 0 aromatic rings. The second-order valence-electron chi connectivity index (χ2n) is 6.24. The van der Waals surface area contributed by atoms with Crippen molar-refractivity contribution in [3.8, 4) is 0 Å². The minimum absolute atomic E-state index is 0.462. The third-order valence-corrected chi connectivity index (χ3v) is 5.90. The molecule has 17 heavy (non-hydrogen) atoms. The number of nitrogens with zero attached hydrogens (tertiary/aromatic N) is 1. The maximum absolute atomic E-state index is 6.05. The summed E-state index contributed by atoms with van der Waals surface area (Å²) in [4.78, 5) is 2.69. The van der Waals surface area contributed by atoms with Crippen LogP contribution < -0.4 is 5.73 Å². The fourth-order valence-electron chi connectivity index (χ4n) is 3.35. The molecule has 0 radical (unpaired) electrons. The molecular formula is C14H28N2S. The van der Waals surface area contributed by atoms with E-state index in [0.717, 1.165) is 12.5 Å². The van der Waals surface area contributed by atoms with E-state index in [2.05, 4.69) is 30.5 Å². The molecule has 1 saturated carbocycles. The normalized spacial score (nSPS) is 29.1. The van der Waals surface area contributed by atoms with Crippen LogP contribution in [0.3, 0.4) is 0 Å². The highest BCUT2D eigenvalue weighted by molar-refractivity contribution is 8.00. The molecule has 0 aromatic heterocycles. The summed E-state index contributed by atoms with van der Waals surface area (Å²) >= 11 is 2.13. The van der Waals surface area contributed by atoms with Gasteiger partial charge in [0, 0.05) is 29.6 Å². The number of hydrogen-bond donors (Lipinski definition) is 1. The summed E-state index contributed by atoms with van der Waals surface area (Å²) in [6.07, 6.45) is 6.98. The third-order valence-electron chi connectivity index (χ3n) is 4.53. The molecule has 3 heteroatoms. The summed E-state index contributed by atoms with van der Waals surface area (Å²) in [6, 6.07) is 0.659. The van der Waals surface area contributed by atoms with Crippen LogP contribution in [0.25, 0.3) is 0 Å². The summed E-state index contributed by atoms with van der Waals surface area (Å²) < 4.78 is 0.462. The van der Waals surface area contributed by atoms with E-state index in [-0.39, 0.29) is 0 Å². The van der Waals surface area contributed by atoms with Gasteiger partial charge in [0.1, 0.15) is 0 Å². The van der Waals surface area contributed by atoms with Crippen LogP contribution in [0.15, 0.2) is 0 Å². The highest BCUT2D eigenvalue weighted by Gasteiger charge is 2.32. The third kappa shape index (κ3) is 3.62. The molecule has 2 fully saturated rings. The van der Waals surface area contributed by atoms with Crippen LogP contribution in [0, 0.1) is 5.92 Å². The monoisotopic (exact) mass is 256 g/mol. The molecule has 2 aliphatic rings. The molecule has 2 N–H and O–H groups in total. The molecule has 1 unspecified atom stereocenters. The Bertz CT molecular complexity index is 236. The molecule has 0 amide bonds. The van der Waals surface area contributed by atoms with Crippen LogP contribution in [0.1, 0.15) is 46.0 Å². The van der Waals surface area contributed by atoms with Crippen LogP contribution in [-0.2, 0) is 0 Å². The Morgan fingerprint density at radius 2 is 2.00 bits per heavy atom. The van der Waals surface area contributed by atoms with Gasteiger partial charge >= 0.3 is 0 Å². The lowest BCUT2D eigenvalue weighted by molar-refractivity contribution is 0.153. The number of nitrogens with two attached hydrogens (primary N) is 1. The van der Waals surface area contributed by atoms with Gasteiger partial charge in [0.15, 0.2) is 0 Å². The van der Waals surface area contributed by atoms with Crippen LogP contribution >= 0.6 is 11.8 Å². The van der Waals surface area contributed by atoms with Crippen molar-refractivity contribution < 1.29 is 0 Å². The van der Waals surface area contributed by atoms with E-state index in [4.69, 9.17) is 5.73 Å². The lowest BCUT2D eigenvalue weighted by Gasteiger charge is -2.34. The first-order valence-corrected chi connectivity index (χ1v) is 8.19. The largest absolute Gasteiger partial charge is 0.329 e. The minimum atomic E-state index is 0.462. The molecule has 0 bridgehead atoms. The lowest BCUT2D eigenvalue weighted by Crippen LogP contribution is -2.46. The van der Waals surface area contributed by atoms with Gasteiger partial charge in [0.25, 0.3) is 0 Å². The quantitative estimate of drug-likeness (QED) is 0.842. The Morgan fingerprint density at radius 3 is 2.65 bits per heavy atom. The molecule has 1 heterocycles. The van der Waals surface area contributed by atoms with Gasteiger partial charge in [0.05, 0.1) is 0 Å². The van der Waals surface area contributed by atoms with Crippen molar-refractivity contribution in [2.75, 3.05) is 25.4 Å². The maximum atomic E-state index is 6.05. The van der Waals surface area contributed by atoms with Gasteiger partial charge in [-0.2, -0.15) is 11.8 Å². The van der Waals surface area contributed by atoms with Crippen LogP contribution in [-0.4, -0.2) is 41.1 Å². The van der Waals surface area contributed by atoms with Gasteiger partial charge in [-0.3, -0.25) is 4.90 Å². The molecule has 2 rings (SSSR count). The zero-order valence-corrected chi connectivity index (χ0v) is 12.3. The standard InChI is InChI=1S/C14H28N2S/c1-14(2)7-8-16(9-10-17-14)13(11-15)12-5-3-4-6-12/h12-13H,3-11,15H2,1-2H3. The molecule has 1 aliphatic heterocycles. The van der Waals surface area contributed by atoms with E-state index in [1.54, 1.807) is 0 Å². The molecular weight excluding hydrogens is 228 g/mol. The summed E-state index contributed by atoms with van der Waals surface area (Å²) in [5.41, 5.74) is 6.05. The first-order chi connectivity index (χ1) is 8.12. The predicted molar refractivity (Wildman–Crippen MR) is 77.5 cm³/mol. The molecule has 1 aliphatic carbocycles. The SMILES string of the molecule is CC1(C)CCN(C(CN)C2CCCC2)CCS1. The average Bonchev–Trinajstić information content (AvgIpc) is 2.73. The van der Waals surface area contributed by atoms with E-state index in [1.807, 2.05) is 0 Å². The Balaban J connectivity index is 1.94. The summed E-state index contributed by atoms with van der Waals surface area (Å²) in [5.74, 6) is 2.15. The van der Waals surface area contributed by atoms with E-state index in [1.165, 1.54) is 50.9 Å². The Kier molecular flexibility index (Phi) is 4.79. The van der Waals surface area contributed by atoms with Crippen molar-refractivity contribution in [3.63, 3.8) is 0 Å². The van der Waals surface area contributed by atoms with E-state index in [9.17, 15) is 0 Å². The van der Waals surface area contributed by atoms with Gasteiger partial charge in [-0.15, -0.1) is 0 Å². The van der Waals surface area contributed by atoms with Crippen LogP contribution in [0.5, 0.6) is 0 Å². The van der Waals surface area contributed by atoms with Crippen molar-refractivity contribution in [2.45, 2.75) is 56.7 Å². The van der Waals surface area contributed by atoms with Crippen molar-refractivity contribution in [3.05, 3.63) is 0 Å². The summed E-state index contributed by atoms with van der Waals surface area (Å²) in [6.45, 7) is 8.11. The van der Waals surface area contributed by atoms with Gasteiger partial charge < -0.3 is 5.73 Å². The van der Waals surface area contributed by atoms with E-state index >= 15 is 0 Å². The predicted octanol–water partition coefficient (Wildman–Crippen LogP) is 2.72. The molecule has 0 spiro atoms. The van der Waals surface area contributed by atoms with Crippen LogP contribution in [0.4, 0.5) is 0 Å². The fraction of sp³-hybridized carbons (Fsp3) is 1.00. The molecule has 2 nitrogen and oxygen atoms in total. The maximum Gasteiger partial charge on any atom is 0.0246 e. The van der Waals surface area contributed by atoms with Crippen molar-refractivity contribution >= 4 is 11.8 Å². The first kappa shape index (κ1) is 13.7. The zero-order valence-electron chi connectivity index (χ0n) is 11.5. The number of hydrogen-bond acceptors (Lipinski definition) is 3. The Labute approximate surface area is 111 Å². The van der Waals surface area contributed by atoms with Crippen molar-refractivity contribution in [1.82, 2.24) is 4.90 Å². The second-order valence-corrected chi connectivity index (χ2v) is 8.04. The van der Waals surface area contributed by atoms with Crippen LogP contribution in [0.2, 0.25) is 0 Å². The average molecular weight is 256 g/mol. The molecule has 0 aromatic carbocycles. The molecule has 1 atom stereocenters. The van der Waals surface area contributed by atoms with Gasteiger partial charge in [-0.05, 0) is 31.7 Å². The van der Waals surface area contributed by atoms with E-state index < -0.39 is 0 Å².